The highest BCUT2D eigenvalue weighted by atomic mass is 16.5. The fraction of sp³-hybridized carbons (Fsp3) is 0.286. The number of hydrogen-bond acceptors (Lipinski definition) is 6. The van der Waals surface area contributed by atoms with Crippen molar-refractivity contribution in [2.24, 2.45) is 0 Å². The molecule has 0 saturated heterocycles. The number of benzene rings is 1. The molecule has 6 heteroatoms. The van der Waals surface area contributed by atoms with Crippen LogP contribution < -0.4 is 10.6 Å². The van der Waals surface area contributed by atoms with Gasteiger partial charge in [-0.25, -0.2) is 9.59 Å². The monoisotopic (exact) mass is 278 g/mol. The normalized spacial score (nSPS) is 10.8. The fourth-order valence-electron chi connectivity index (χ4n) is 1.55. The van der Waals surface area contributed by atoms with E-state index in [9.17, 15) is 9.59 Å². The lowest BCUT2D eigenvalue weighted by Crippen LogP contribution is -2.15. The largest absolute Gasteiger partial charge is 0.466 e. The molecular formula is C14H18N2O4. The maximum Gasteiger partial charge on any atom is 0.354 e. The summed E-state index contributed by atoms with van der Waals surface area (Å²) in [6, 6.07) is 7.45. The molecule has 108 valence electrons. The van der Waals surface area contributed by atoms with Crippen LogP contribution in [-0.4, -0.2) is 33.2 Å². The second-order valence-electron chi connectivity index (χ2n) is 3.93. The summed E-state index contributed by atoms with van der Waals surface area (Å²) >= 11 is 0. The number of hydrogen-bond donors (Lipinski definition) is 2. The van der Waals surface area contributed by atoms with Crippen molar-refractivity contribution >= 4 is 17.6 Å². The average molecular weight is 278 g/mol. The Morgan fingerprint density at radius 2 is 2.00 bits per heavy atom. The van der Waals surface area contributed by atoms with Crippen LogP contribution in [0.2, 0.25) is 0 Å². The number of carbonyl (C=O) groups is 2. The molecule has 0 spiro atoms. The molecule has 1 aromatic rings. The van der Waals surface area contributed by atoms with Crippen molar-refractivity contribution in [1.82, 2.24) is 5.32 Å². The molecule has 0 heterocycles. The van der Waals surface area contributed by atoms with E-state index in [1.165, 1.54) is 14.2 Å². The highest BCUT2D eigenvalue weighted by Gasteiger charge is 2.12. The Hall–Kier alpha value is -2.34. The molecule has 0 aliphatic heterocycles. The second-order valence-corrected chi connectivity index (χ2v) is 3.93. The van der Waals surface area contributed by atoms with Crippen LogP contribution in [0.3, 0.4) is 0 Å². The Morgan fingerprint density at radius 1 is 1.25 bits per heavy atom. The Balaban J connectivity index is 2.95. The number of nitrogens with one attached hydrogen (secondary N) is 2. The maximum absolute atomic E-state index is 11.6. The van der Waals surface area contributed by atoms with Crippen molar-refractivity contribution in [2.75, 3.05) is 26.6 Å². The number of anilines is 1. The first kappa shape index (κ1) is 15.7. The zero-order valence-corrected chi connectivity index (χ0v) is 11.7. The van der Waals surface area contributed by atoms with Crippen LogP contribution in [0.1, 0.15) is 5.56 Å². The number of rotatable bonds is 6. The van der Waals surface area contributed by atoms with E-state index >= 15 is 0 Å². The van der Waals surface area contributed by atoms with Crippen LogP contribution in [0.25, 0.3) is 0 Å². The molecule has 0 amide bonds. The summed E-state index contributed by atoms with van der Waals surface area (Å²) in [6.07, 6.45) is 1.05. The minimum absolute atomic E-state index is 0.0148. The Labute approximate surface area is 117 Å². The minimum atomic E-state index is -0.644. The fourth-order valence-corrected chi connectivity index (χ4v) is 1.55. The van der Waals surface area contributed by atoms with Gasteiger partial charge in [-0.15, -0.1) is 0 Å². The van der Waals surface area contributed by atoms with Crippen molar-refractivity contribution in [3.63, 3.8) is 0 Å². The maximum atomic E-state index is 11.6. The number of ether oxygens (including phenoxy) is 2. The zero-order chi connectivity index (χ0) is 15.0. The molecule has 0 aromatic heterocycles. The first-order chi connectivity index (χ1) is 9.60. The van der Waals surface area contributed by atoms with Gasteiger partial charge < -0.3 is 20.1 Å². The van der Waals surface area contributed by atoms with Crippen molar-refractivity contribution in [2.45, 2.75) is 6.54 Å². The molecule has 0 saturated carbocycles. The minimum Gasteiger partial charge on any atom is -0.466 e. The lowest BCUT2D eigenvalue weighted by atomic mass is 10.2. The smallest absolute Gasteiger partial charge is 0.354 e. The first-order valence-corrected chi connectivity index (χ1v) is 5.99. The van der Waals surface area contributed by atoms with Crippen LogP contribution in [0.15, 0.2) is 36.0 Å². The van der Waals surface area contributed by atoms with E-state index in [0.29, 0.717) is 12.2 Å². The van der Waals surface area contributed by atoms with Gasteiger partial charge in [0.2, 0.25) is 0 Å². The second kappa shape index (κ2) is 7.96. The highest BCUT2D eigenvalue weighted by Crippen LogP contribution is 2.13. The van der Waals surface area contributed by atoms with Crippen molar-refractivity contribution in [3.05, 3.63) is 41.6 Å². The van der Waals surface area contributed by atoms with Gasteiger partial charge in [0, 0.05) is 12.2 Å². The third-order valence-corrected chi connectivity index (χ3v) is 2.46. The van der Waals surface area contributed by atoms with Gasteiger partial charge in [-0.05, 0) is 24.7 Å². The van der Waals surface area contributed by atoms with E-state index in [1.807, 2.05) is 25.2 Å². The standard InChI is InChI=1S/C14H18N2O4/c1-15-9-10-5-4-6-11(7-10)16-12(14(18)20-3)8-13(17)19-2/h4-8,15-16H,9H2,1-3H3/b12-8+. The van der Waals surface area contributed by atoms with Crippen LogP contribution in [0.4, 0.5) is 5.69 Å². The first-order valence-electron chi connectivity index (χ1n) is 5.99. The van der Waals surface area contributed by atoms with Gasteiger partial charge in [-0.1, -0.05) is 12.1 Å². The quantitative estimate of drug-likeness (QED) is 0.598. The molecule has 0 fully saturated rings. The Morgan fingerprint density at radius 3 is 2.60 bits per heavy atom. The number of carbonyl (C=O) groups excluding carboxylic acids is 2. The van der Waals surface area contributed by atoms with Gasteiger partial charge in [0.25, 0.3) is 0 Å². The molecule has 0 aliphatic rings. The van der Waals surface area contributed by atoms with E-state index in [2.05, 4.69) is 20.1 Å². The summed E-state index contributed by atoms with van der Waals surface area (Å²) in [6.45, 7) is 0.698. The summed E-state index contributed by atoms with van der Waals surface area (Å²) in [5.74, 6) is -1.28. The van der Waals surface area contributed by atoms with Gasteiger partial charge in [0.1, 0.15) is 5.70 Å². The lowest BCUT2D eigenvalue weighted by molar-refractivity contribution is -0.138. The van der Waals surface area contributed by atoms with Crippen molar-refractivity contribution < 1.29 is 19.1 Å². The Kier molecular flexibility index (Phi) is 6.25. The molecule has 0 unspecified atom stereocenters. The van der Waals surface area contributed by atoms with E-state index < -0.39 is 11.9 Å². The summed E-state index contributed by atoms with van der Waals surface area (Å²) in [5.41, 5.74) is 1.74. The Bertz CT molecular complexity index is 512. The predicted molar refractivity (Wildman–Crippen MR) is 74.9 cm³/mol. The summed E-state index contributed by atoms with van der Waals surface area (Å²) in [4.78, 5) is 22.9. The van der Waals surface area contributed by atoms with Crippen LogP contribution in [-0.2, 0) is 25.6 Å². The zero-order valence-electron chi connectivity index (χ0n) is 11.7. The van der Waals surface area contributed by atoms with Gasteiger partial charge in [-0.2, -0.15) is 0 Å². The highest BCUT2D eigenvalue weighted by molar-refractivity contribution is 5.98. The molecule has 2 N–H and O–H groups in total. The molecule has 0 atom stereocenters. The van der Waals surface area contributed by atoms with Crippen LogP contribution in [0.5, 0.6) is 0 Å². The van der Waals surface area contributed by atoms with E-state index in [4.69, 9.17) is 0 Å². The molecule has 0 aliphatic carbocycles. The molecule has 1 aromatic carbocycles. The van der Waals surface area contributed by atoms with Gasteiger partial charge in [0.05, 0.1) is 20.3 Å². The van der Waals surface area contributed by atoms with Crippen molar-refractivity contribution in [3.8, 4) is 0 Å². The lowest BCUT2D eigenvalue weighted by Gasteiger charge is -2.10. The van der Waals surface area contributed by atoms with Gasteiger partial charge in [0.15, 0.2) is 0 Å². The van der Waals surface area contributed by atoms with Crippen LogP contribution >= 0.6 is 0 Å². The SMILES string of the molecule is CNCc1cccc(N/C(=C/C(=O)OC)C(=O)OC)c1. The molecule has 0 bridgehead atoms. The molecule has 0 radical (unpaired) electrons. The molecule has 20 heavy (non-hydrogen) atoms. The summed E-state index contributed by atoms with van der Waals surface area (Å²) < 4.78 is 9.12. The van der Waals surface area contributed by atoms with Crippen molar-refractivity contribution in [1.29, 1.82) is 0 Å². The average Bonchev–Trinajstić information content (AvgIpc) is 2.46. The van der Waals surface area contributed by atoms with E-state index in [1.54, 1.807) is 6.07 Å². The number of methoxy groups -OCH3 is 2. The van der Waals surface area contributed by atoms with E-state index in [-0.39, 0.29) is 5.70 Å². The summed E-state index contributed by atoms with van der Waals surface area (Å²) in [5, 5.41) is 5.88. The number of esters is 2. The van der Waals surface area contributed by atoms with Crippen LogP contribution in [0, 0.1) is 0 Å². The molecule has 6 nitrogen and oxygen atoms in total. The topological polar surface area (TPSA) is 76.7 Å². The van der Waals surface area contributed by atoms with Gasteiger partial charge >= 0.3 is 11.9 Å². The molecular weight excluding hydrogens is 260 g/mol. The molecule has 1 rings (SSSR count). The van der Waals surface area contributed by atoms with E-state index in [0.717, 1.165) is 11.6 Å². The third kappa shape index (κ3) is 4.74. The van der Waals surface area contributed by atoms with Gasteiger partial charge in [-0.3, -0.25) is 0 Å². The predicted octanol–water partition coefficient (Wildman–Crippen LogP) is 1.05. The third-order valence-electron chi connectivity index (χ3n) is 2.46. The summed E-state index contributed by atoms with van der Waals surface area (Å²) in [7, 11) is 4.32.